The van der Waals surface area contributed by atoms with Gasteiger partial charge >= 0.3 is 0 Å². The Morgan fingerprint density at radius 3 is 2.85 bits per heavy atom. The molecule has 0 spiro atoms. The Morgan fingerprint density at radius 1 is 1.30 bits per heavy atom. The first-order chi connectivity index (χ1) is 13.1. The number of amides is 1. The van der Waals surface area contributed by atoms with Crippen LogP contribution in [0.15, 0.2) is 59.5 Å². The lowest BCUT2D eigenvalue weighted by Crippen LogP contribution is -2.13. The lowest BCUT2D eigenvalue weighted by Gasteiger charge is -2.05. The molecule has 1 N–H and O–H groups in total. The number of hydrogen-bond acceptors (Lipinski definition) is 5. The Labute approximate surface area is 165 Å². The van der Waals surface area contributed by atoms with Crippen LogP contribution in [0.1, 0.15) is 5.69 Å². The molecule has 2 aromatic carbocycles. The molecule has 0 radical (unpaired) electrons. The Balaban J connectivity index is 1.82. The first-order valence-corrected chi connectivity index (χ1v) is 9.14. The second-order valence-electron chi connectivity index (χ2n) is 5.41. The summed E-state index contributed by atoms with van der Waals surface area (Å²) in [7, 11) is 1.60. The minimum atomic E-state index is -0.540. The van der Waals surface area contributed by atoms with Gasteiger partial charge in [0.25, 0.3) is 5.91 Å². The Hall–Kier alpha value is -3.14. The first-order valence-electron chi connectivity index (χ1n) is 7.88. The molecule has 1 amide bonds. The zero-order valence-electron chi connectivity index (χ0n) is 14.3. The number of methoxy groups -OCH3 is 1. The average Bonchev–Trinajstić information content (AvgIpc) is 3.16. The van der Waals surface area contributed by atoms with Gasteiger partial charge in [-0.3, -0.25) is 4.79 Å². The summed E-state index contributed by atoms with van der Waals surface area (Å²) in [6.07, 6.45) is 1.45. The molecule has 134 valence electrons. The highest BCUT2D eigenvalue weighted by molar-refractivity contribution is 7.13. The normalized spacial score (nSPS) is 10.9. The van der Waals surface area contributed by atoms with Gasteiger partial charge in [-0.1, -0.05) is 35.9 Å². The minimum Gasteiger partial charge on any atom is -0.497 e. The van der Waals surface area contributed by atoms with Crippen molar-refractivity contribution in [3.63, 3.8) is 0 Å². The van der Waals surface area contributed by atoms with Crippen molar-refractivity contribution < 1.29 is 9.53 Å². The van der Waals surface area contributed by atoms with Crippen LogP contribution in [0.4, 0.5) is 5.69 Å². The molecule has 3 aromatic rings. The molecule has 27 heavy (non-hydrogen) atoms. The lowest BCUT2D eigenvalue weighted by molar-refractivity contribution is -0.112. The van der Waals surface area contributed by atoms with Crippen LogP contribution < -0.4 is 10.1 Å². The molecule has 1 heterocycles. The smallest absolute Gasteiger partial charge is 0.266 e. The van der Waals surface area contributed by atoms with E-state index in [-0.39, 0.29) is 5.57 Å². The number of nitriles is 1. The van der Waals surface area contributed by atoms with E-state index < -0.39 is 5.91 Å². The molecule has 0 unspecified atom stereocenters. The van der Waals surface area contributed by atoms with Crippen LogP contribution in [0.25, 0.3) is 16.6 Å². The molecule has 0 bridgehead atoms. The summed E-state index contributed by atoms with van der Waals surface area (Å²) in [5.74, 6) is 0.193. The number of nitrogens with zero attached hydrogens (tertiary/aromatic N) is 2. The number of para-hydroxylation sites is 1. The molecule has 0 atom stereocenters. The highest BCUT2D eigenvalue weighted by atomic mass is 35.5. The predicted molar refractivity (Wildman–Crippen MR) is 108 cm³/mol. The molecule has 0 saturated heterocycles. The van der Waals surface area contributed by atoms with Crippen LogP contribution in [-0.4, -0.2) is 18.0 Å². The van der Waals surface area contributed by atoms with E-state index in [0.717, 1.165) is 16.3 Å². The van der Waals surface area contributed by atoms with Gasteiger partial charge in [0, 0.05) is 10.9 Å². The summed E-state index contributed by atoms with van der Waals surface area (Å²) >= 11 is 7.45. The highest BCUT2D eigenvalue weighted by Crippen LogP contribution is 2.28. The van der Waals surface area contributed by atoms with Crippen LogP contribution in [0.2, 0.25) is 5.02 Å². The topological polar surface area (TPSA) is 75.0 Å². The summed E-state index contributed by atoms with van der Waals surface area (Å²) in [6.45, 7) is 0. The quantitative estimate of drug-likeness (QED) is 0.486. The molecule has 3 rings (SSSR count). The molecule has 7 heteroatoms. The van der Waals surface area contributed by atoms with Gasteiger partial charge in [-0.25, -0.2) is 4.98 Å². The average molecular weight is 396 g/mol. The predicted octanol–water partition coefficient (Wildman–Crippen LogP) is 5.02. The number of thiazole rings is 1. The Bertz CT molecular complexity index is 1050. The number of benzene rings is 2. The summed E-state index contributed by atoms with van der Waals surface area (Å²) in [4.78, 5) is 16.8. The van der Waals surface area contributed by atoms with Crippen LogP contribution >= 0.6 is 22.9 Å². The van der Waals surface area contributed by atoms with E-state index in [1.807, 2.05) is 30.3 Å². The van der Waals surface area contributed by atoms with E-state index in [2.05, 4.69) is 10.3 Å². The standard InChI is InChI=1S/C20H14ClN3O2S/c1-26-16-6-4-5-13(10-16)20-23-15(12-27-20)9-14(11-22)19(25)24-18-8-3-2-7-17(18)21/h2-10,12H,1H3,(H,24,25)/b14-9-. The van der Waals surface area contributed by atoms with Crippen molar-refractivity contribution in [2.45, 2.75) is 0 Å². The molecular weight excluding hydrogens is 382 g/mol. The van der Waals surface area contributed by atoms with Gasteiger partial charge in [0.2, 0.25) is 0 Å². The van der Waals surface area contributed by atoms with Crippen molar-refractivity contribution in [2.24, 2.45) is 0 Å². The number of rotatable bonds is 5. The number of carbonyl (C=O) groups excluding carboxylic acids is 1. The molecule has 0 fully saturated rings. The largest absolute Gasteiger partial charge is 0.497 e. The minimum absolute atomic E-state index is 0.0580. The fourth-order valence-corrected chi connectivity index (χ4v) is 3.25. The molecule has 5 nitrogen and oxygen atoms in total. The number of carbonyl (C=O) groups is 1. The van der Waals surface area contributed by atoms with Crippen LogP contribution in [-0.2, 0) is 4.79 Å². The third-order valence-corrected chi connectivity index (χ3v) is 4.86. The van der Waals surface area contributed by atoms with Gasteiger partial charge < -0.3 is 10.1 Å². The van der Waals surface area contributed by atoms with Gasteiger partial charge in [0.1, 0.15) is 22.4 Å². The number of anilines is 1. The molecule has 0 aliphatic heterocycles. The zero-order valence-corrected chi connectivity index (χ0v) is 15.8. The summed E-state index contributed by atoms with van der Waals surface area (Å²) in [5.41, 5.74) is 1.82. The van der Waals surface area contributed by atoms with E-state index in [1.54, 1.807) is 36.8 Å². The van der Waals surface area contributed by atoms with E-state index in [0.29, 0.717) is 16.4 Å². The van der Waals surface area contributed by atoms with Crippen molar-refractivity contribution in [3.05, 3.63) is 70.2 Å². The monoisotopic (exact) mass is 395 g/mol. The first kappa shape index (κ1) is 18.6. The van der Waals surface area contributed by atoms with Crippen molar-refractivity contribution in [2.75, 3.05) is 12.4 Å². The maximum atomic E-state index is 12.4. The number of nitrogens with one attached hydrogen (secondary N) is 1. The van der Waals surface area contributed by atoms with Crippen molar-refractivity contribution >= 4 is 40.6 Å². The molecule has 0 aliphatic carbocycles. The maximum absolute atomic E-state index is 12.4. The summed E-state index contributed by atoms with van der Waals surface area (Å²) in [5, 5.41) is 14.9. The van der Waals surface area contributed by atoms with Gasteiger partial charge in [0.05, 0.1) is 23.5 Å². The molecule has 0 saturated carbocycles. The van der Waals surface area contributed by atoms with Crippen molar-refractivity contribution in [1.29, 1.82) is 5.26 Å². The Morgan fingerprint density at radius 2 is 2.11 bits per heavy atom. The van der Waals surface area contributed by atoms with Gasteiger partial charge in [-0.05, 0) is 30.3 Å². The van der Waals surface area contributed by atoms with Crippen LogP contribution in [0.5, 0.6) is 5.75 Å². The SMILES string of the molecule is COc1cccc(-c2nc(/C=C(/C#N)C(=O)Nc3ccccc3Cl)cs2)c1. The maximum Gasteiger partial charge on any atom is 0.266 e. The fraction of sp³-hybridized carbons (Fsp3) is 0.0500. The van der Waals surface area contributed by atoms with Gasteiger partial charge in [-0.2, -0.15) is 5.26 Å². The third kappa shape index (κ3) is 4.53. The zero-order chi connectivity index (χ0) is 19.2. The van der Waals surface area contributed by atoms with Crippen LogP contribution in [0.3, 0.4) is 0 Å². The summed E-state index contributed by atoms with van der Waals surface area (Å²) in [6, 6.07) is 16.3. The van der Waals surface area contributed by atoms with Crippen molar-refractivity contribution in [3.8, 4) is 22.4 Å². The second-order valence-corrected chi connectivity index (χ2v) is 6.68. The van der Waals surface area contributed by atoms with Gasteiger partial charge in [-0.15, -0.1) is 11.3 Å². The number of halogens is 1. The molecule has 1 aromatic heterocycles. The van der Waals surface area contributed by atoms with Gasteiger partial charge in [0.15, 0.2) is 0 Å². The fourth-order valence-electron chi connectivity index (χ4n) is 2.29. The van der Waals surface area contributed by atoms with E-state index in [4.69, 9.17) is 16.3 Å². The second kappa shape index (κ2) is 8.49. The third-order valence-electron chi connectivity index (χ3n) is 3.62. The number of ether oxygens (including phenoxy) is 1. The van der Waals surface area contributed by atoms with Crippen LogP contribution in [0, 0.1) is 11.3 Å². The van der Waals surface area contributed by atoms with E-state index in [1.165, 1.54) is 17.4 Å². The molecule has 0 aliphatic rings. The van der Waals surface area contributed by atoms with Crippen molar-refractivity contribution in [1.82, 2.24) is 4.98 Å². The van der Waals surface area contributed by atoms with E-state index >= 15 is 0 Å². The molecular formula is C20H14ClN3O2S. The highest BCUT2D eigenvalue weighted by Gasteiger charge is 2.13. The van der Waals surface area contributed by atoms with E-state index in [9.17, 15) is 10.1 Å². The summed E-state index contributed by atoms with van der Waals surface area (Å²) < 4.78 is 5.22. The number of aromatic nitrogens is 1. The Kier molecular flexibility index (Phi) is 5.87. The number of hydrogen-bond donors (Lipinski definition) is 1. The lowest BCUT2D eigenvalue weighted by atomic mass is 10.2.